The van der Waals surface area contributed by atoms with Gasteiger partial charge >= 0.3 is 0 Å². The molecule has 1 amide bonds. The molecule has 5 nitrogen and oxygen atoms in total. The number of amides is 1. The molecule has 2 aromatic heterocycles. The topological polar surface area (TPSA) is 49.3 Å². The number of hydrogen-bond donors (Lipinski definition) is 0. The number of aromatic nitrogens is 2. The summed E-state index contributed by atoms with van der Waals surface area (Å²) >= 11 is 0. The van der Waals surface area contributed by atoms with Gasteiger partial charge in [0.05, 0.1) is 16.8 Å². The van der Waals surface area contributed by atoms with Gasteiger partial charge in [0.2, 0.25) is 0 Å². The third kappa shape index (κ3) is 4.09. The SMILES string of the molecule is O=C(c1cc(-c2ccncc2)nc2ccccc12)N1CCN(Cc2ccccc2F)CC1. The third-order valence-electron chi connectivity index (χ3n) is 5.93. The van der Waals surface area contributed by atoms with Crippen LogP contribution in [0.15, 0.2) is 79.1 Å². The minimum absolute atomic E-state index is 0.00412. The number of para-hydroxylation sites is 1. The highest BCUT2D eigenvalue weighted by molar-refractivity contribution is 6.07. The normalized spacial score (nSPS) is 14.6. The fourth-order valence-electron chi connectivity index (χ4n) is 4.17. The Balaban J connectivity index is 1.38. The van der Waals surface area contributed by atoms with Gasteiger partial charge in [-0.1, -0.05) is 36.4 Å². The summed E-state index contributed by atoms with van der Waals surface area (Å²) in [5.41, 5.74) is 3.82. The Bertz CT molecular complexity index is 1250. The predicted molar refractivity (Wildman–Crippen MR) is 123 cm³/mol. The van der Waals surface area contributed by atoms with Gasteiger partial charge in [0.15, 0.2) is 0 Å². The molecule has 0 bridgehead atoms. The molecule has 1 fully saturated rings. The van der Waals surface area contributed by atoms with Gasteiger partial charge < -0.3 is 4.90 Å². The van der Waals surface area contributed by atoms with Crippen molar-refractivity contribution in [2.45, 2.75) is 6.54 Å². The van der Waals surface area contributed by atoms with Crippen molar-refractivity contribution in [1.82, 2.24) is 19.8 Å². The molecular formula is C26H23FN4O. The first-order chi connectivity index (χ1) is 15.7. The van der Waals surface area contributed by atoms with E-state index in [2.05, 4.69) is 9.88 Å². The average Bonchev–Trinajstić information content (AvgIpc) is 2.85. The second-order valence-corrected chi connectivity index (χ2v) is 7.97. The molecule has 1 aliphatic heterocycles. The van der Waals surface area contributed by atoms with E-state index in [1.165, 1.54) is 6.07 Å². The van der Waals surface area contributed by atoms with Gasteiger partial charge in [-0.25, -0.2) is 9.37 Å². The lowest BCUT2D eigenvalue weighted by Gasteiger charge is -2.35. The number of fused-ring (bicyclic) bond motifs is 1. The fourth-order valence-corrected chi connectivity index (χ4v) is 4.17. The largest absolute Gasteiger partial charge is 0.336 e. The van der Waals surface area contributed by atoms with Crippen LogP contribution in [0, 0.1) is 5.82 Å². The summed E-state index contributed by atoms with van der Waals surface area (Å²) in [7, 11) is 0. The zero-order chi connectivity index (χ0) is 21.9. The zero-order valence-electron chi connectivity index (χ0n) is 17.6. The Morgan fingerprint density at radius 2 is 1.62 bits per heavy atom. The lowest BCUT2D eigenvalue weighted by molar-refractivity contribution is 0.0629. The van der Waals surface area contributed by atoms with Gasteiger partial charge in [-0.15, -0.1) is 0 Å². The molecule has 0 spiro atoms. The molecule has 3 heterocycles. The van der Waals surface area contributed by atoms with E-state index in [9.17, 15) is 9.18 Å². The molecule has 1 aliphatic rings. The van der Waals surface area contributed by atoms with Crippen molar-refractivity contribution in [3.8, 4) is 11.3 Å². The Kier molecular flexibility index (Phi) is 5.60. The molecule has 0 aliphatic carbocycles. The third-order valence-corrected chi connectivity index (χ3v) is 5.93. The molecule has 32 heavy (non-hydrogen) atoms. The molecular weight excluding hydrogens is 403 g/mol. The number of nitrogens with zero attached hydrogens (tertiary/aromatic N) is 4. The maximum atomic E-state index is 14.0. The van der Waals surface area contributed by atoms with Crippen LogP contribution in [0.2, 0.25) is 0 Å². The van der Waals surface area contributed by atoms with E-state index >= 15 is 0 Å². The van der Waals surface area contributed by atoms with E-state index in [0.29, 0.717) is 43.9 Å². The Labute approximate surface area is 186 Å². The van der Waals surface area contributed by atoms with Gasteiger partial charge in [0, 0.05) is 61.6 Å². The number of halogens is 1. The quantitative estimate of drug-likeness (QED) is 0.486. The van der Waals surface area contributed by atoms with Crippen LogP contribution in [-0.2, 0) is 6.54 Å². The maximum Gasteiger partial charge on any atom is 0.254 e. The summed E-state index contributed by atoms with van der Waals surface area (Å²) in [6, 6.07) is 20.3. The maximum absolute atomic E-state index is 14.0. The molecule has 160 valence electrons. The number of benzene rings is 2. The minimum Gasteiger partial charge on any atom is -0.336 e. The standard InChI is InChI=1S/C26H23FN4O/c27-23-7-3-1-5-20(23)18-30-13-15-31(16-14-30)26(32)22-17-25(19-9-11-28-12-10-19)29-24-8-4-2-6-21(22)24/h1-12,17H,13-16,18H2. The number of hydrogen-bond acceptors (Lipinski definition) is 4. The fraction of sp³-hybridized carbons (Fsp3) is 0.192. The van der Waals surface area contributed by atoms with Crippen LogP contribution in [0.4, 0.5) is 4.39 Å². The van der Waals surface area contributed by atoms with Crippen LogP contribution in [0.25, 0.3) is 22.2 Å². The monoisotopic (exact) mass is 426 g/mol. The van der Waals surface area contributed by atoms with Gasteiger partial charge in [0.1, 0.15) is 5.82 Å². The van der Waals surface area contributed by atoms with E-state index < -0.39 is 0 Å². The van der Waals surface area contributed by atoms with E-state index in [4.69, 9.17) is 4.98 Å². The number of piperazine rings is 1. The zero-order valence-corrected chi connectivity index (χ0v) is 17.6. The molecule has 4 aromatic rings. The first-order valence-corrected chi connectivity index (χ1v) is 10.7. The van der Waals surface area contributed by atoms with E-state index in [0.717, 1.165) is 22.2 Å². The summed E-state index contributed by atoms with van der Waals surface area (Å²) in [6.45, 7) is 3.18. The average molecular weight is 426 g/mol. The predicted octanol–water partition coefficient (Wildman–Crippen LogP) is 4.39. The summed E-state index contributed by atoms with van der Waals surface area (Å²) in [5, 5.41) is 0.851. The van der Waals surface area contributed by atoms with Crippen LogP contribution >= 0.6 is 0 Å². The summed E-state index contributed by atoms with van der Waals surface area (Å²) in [4.78, 5) is 26.4. The van der Waals surface area contributed by atoms with Crippen LogP contribution in [0.3, 0.4) is 0 Å². The van der Waals surface area contributed by atoms with E-state index in [1.807, 2.05) is 59.5 Å². The number of carbonyl (C=O) groups excluding carboxylic acids is 1. The van der Waals surface area contributed by atoms with Gasteiger partial charge in [-0.3, -0.25) is 14.7 Å². The van der Waals surface area contributed by atoms with Crippen molar-refractivity contribution >= 4 is 16.8 Å². The smallest absolute Gasteiger partial charge is 0.254 e. The van der Waals surface area contributed by atoms with Crippen molar-refractivity contribution in [1.29, 1.82) is 0 Å². The molecule has 0 N–H and O–H groups in total. The van der Waals surface area contributed by atoms with Crippen LogP contribution in [0.1, 0.15) is 15.9 Å². The summed E-state index contributed by atoms with van der Waals surface area (Å²) in [6.07, 6.45) is 3.45. The Morgan fingerprint density at radius 1 is 0.906 bits per heavy atom. The van der Waals surface area contributed by atoms with Crippen molar-refractivity contribution < 1.29 is 9.18 Å². The second kappa shape index (κ2) is 8.85. The van der Waals surface area contributed by atoms with Gasteiger partial charge in [-0.05, 0) is 30.3 Å². The molecule has 0 saturated carbocycles. The van der Waals surface area contributed by atoms with Crippen molar-refractivity contribution in [2.24, 2.45) is 0 Å². The molecule has 0 radical (unpaired) electrons. The van der Waals surface area contributed by atoms with Gasteiger partial charge in [-0.2, -0.15) is 0 Å². The molecule has 0 atom stereocenters. The lowest BCUT2D eigenvalue weighted by Crippen LogP contribution is -2.48. The highest BCUT2D eigenvalue weighted by Gasteiger charge is 2.24. The first-order valence-electron chi connectivity index (χ1n) is 10.7. The molecule has 6 heteroatoms. The van der Waals surface area contributed by atoms with E-state index in [1.54, 1.807) is 18.5 Å². The number of rotatable bonds is 4. The highest BCUT2D eigenvalue weighted by atomic mass is 19.1. The number of carbonyl (C=O) groups is 1. The first kappa shape index (κ1) is 20.3. The Morgan fingerprint density at radius 3 is 2.41 bits per heavy atom. The van der Waals surface area contributed by atoms with Gasteiger partial charge in [0.25, 0.3) is 5.91 Å². The number of pyridine rings is 2. The van der Waals surface area contributed by atoms with Crippen molar-refractivity contribution in [3.05, 3.63) is 96.1 Å². The van der Waals surface area contributed by atoms with Crippen LogP contribution < -0.4 is 0 Å². The molecule has 2 aromatic carbocycles. The summed E-state index contributed by atoms with van der Waals surface area (Å²) in [5.74, 6) is -0.178. The minimum atomic E-state index is -0.182. The Hall–Kier alpha value is -3.64. The van der Waals surface area contributed by atoms with E-state index in [-0.39, 0.29) is 11.7 Å². The van der Waals surface area contributed by atoms with Crippen molar-refractivity contribution in [3.63, 3.8) is 0 Å². The van der Waals surface area contributed by atoms with Crippen LogP contribution in [-0.4, -0.2) is 51.9 Å². The van der Waals surface area contributed by atoms with Crippen molar-refractivity contribution in [2.75, 3.05) is 26.2 Å². The summed E-state index contributed by atoms with van der Waals surface area (Å²) < 4.78 is 14.0. The second-order valence-electron chi connectivity index (χ2n) is 7.97. The molecule has 0 unspecified atom stereocenters. The van der Waals surface area contributed by atoms with Crippen LogP contribution in [0.5, 0.6) is 0 Å². The lowest BCUT2D eigenvalue weighted by atomic mass is 10.0. The molecule has 1 saturated heterocycles. The molecule has 5 rings (SSSR count). The highest BCUT2D eigenvalue weighted by Crippen LogP contribution is 2.26.